The van der Waals surface area contributed by atoms with E-state index in [4.69, 9.17) is 10.5 Å². The summed E-state index contributed by atoms with van der Waals surface area (Å²) in [7, 11) is 0. The highest BCUT2D eigenvalue weighted by Crippen LogP contribution is 2.36. The predicted octanol–water partition coefficient (Wildman–Crippen LogP) is 3.32. The minimum absolute atomic E-state index is 0.277. The van der Waals surface area contributed by atoms with Crippen molar-refractivity contribution in [2.75, 3.05) is 5.73 Å². The number of aryl methyl sites for hydroxylation is 1. The van der Waals surface area contributed by atoms with Crippen LogP contribution >= 0.6 is 0 Å². The highest BCUT2D eigenvalue weighted by molar-refractivity contribution is 5.48. The molecule has 1 aliphatic rings. The molecule has 0 aromatic carbocycles. The second-order valence-electron chi connectivity index (χ2n) is 5.83. The van der Waals surface area contributed by atoms with Gasteiger partial charge in [-0.1, -0.05) is 13.8 Å². The average Bonchev–Trinajstić information content (AvgIpc) is 2.26. The van der Waals surface area contributed by atoms with Crippen LogP contribution in [0, 0.1) is 12.3 Å². The Morgan fingerprint density at radius 1 is 1.29 bits per heavy atom. The van der Waals surface area contributed by atoms with Crippen molar-refractivity contribution >= 4 is 5.69 Å². The van der Waals surface area contributed by atoms with Gasteiger partial charge >= 0.3 is 0 Å². The van der Waals surface area contributed by atoms with Gasteiger partial charge in [-0.2, -0.15) is 0 Å². The molecule has 1 aromatic rings. The Kier molecular flexibility index (Phi) is 3.27. The van der Waals surface area contributed by atoms with Crippen LogP contribution in [-0.2, 0) is 0 Å². The van der Waals surface area contributed by atoms with Crippen LogP contribution in [0.4, 0.5) is 5.69 Å². The molecule has 1 fully saturated rings. The van der Waals surface area contributed by atoms with Crippen molar-refractivity contribution in [3.8, 4) is 5.88 Å². The zero-order valence-electron chi connectivity index (χ0n) is 11.0. The predicted molar refractivity (Wildman–Crippen MR) is 70.1 cm³/mol. The Hall–Kier alpha value is -1.25. The molecule has 0 saturated heterocycles. The largest absolute Gasteiger partial charge is 0.473 e. The Balaban J connectivity index is 2.00. The van der Waals surface area contributed by atoms with Gasteiger partial charge in [0.1, 0.15) is 6.10 Å². The van der Waals surface area contributed by atoms with Gasteiger partial charge in [-0.05, 0) is 50.2 Å². The van der Waals surface area contributed by atoms with Crippen molar-refractivity contribution in [3.63, 3.8) is 0 Å². The molecule has 0 radical (unpaired) electrons. The molecule has 0 bridgehead atoms. The zero-order valence-corrected chi connectivity index (χ0v) is 11.0. The molecule has 1 aromatic heterocycles. The number of aromatic nitrogens is 1. The zero-order chi connectivity index (χ0) is 12.5. The molecule has 0 aliphatic heterocycles. The van der Waals surface area contributed by atoms with Crippen LogP contribution in [0.2, 0.25) is 0 Å². The topological polar surface area (TPSA) is 48.1 Å². The summed E-state index contributed by atoms with van der Waals surface area (Å²) >= 11 is 0. The van der Waals surface area contributed by atoms with Gasteiger partial charge in [-0.15, -0.1) is 0 Å². The number of rotatable bonds is 2. The van der Waals surface area contributed by atoms with Gasteiger partial charge in [0, 0.05) is 5.69 Å². The maximum absolute atomic E-state index is 5.92. The van der Waals surface area contributed by atoms with E-state index in [1.165, 1.54) is 12.8 Å². The first kappa shape index (κ1) is 12.2. The number of anilines is 1. The Labute approximate surface area is 103 Å². The molecule has 17 heavy (non-hydrogen) atoms. The van der Waals surface area contributed by atoms with E-state index in [1.54, 1.807) is 0 Å². The van der Waals surface area contributed by atoms with Gasteiger partial charge in [0.2, 0.25) is 5.88 Å². The summed E-state index contributed by atoms with van der Waals surface area (Å²) in [5.74, 6) is 0.606. The fourth-order valence-corrected chi connectivity index (χ4v) is 2.29. The molecule has 1 saturated carbocycles. The molecule has 0 spiro atoms. The van der Waals surface area contributed by atoms with Gasteiger partial charge in [-0.25, -0.2) is 4.98 Å². The number of nitrogens with two attached hydrogens (primary N) is 1. The van der Waals surface area contributed by atoms with Crippen molar-refractivity contribution < 1.29 is 4.74 Å². The molecular weight excluding hydrogens is 212 g/mol. The highest BCUT2D eigenvalue weighted by atomic mass is 16.5. The Morgan fingerprint density at radius 2 is 1.94 bits per heavy atom. The van der Waals surface area contributed by atoms with Crippen molar-refractivity contribution in [1.29, 1.82) is 0 Å². The quantitative estimate of drug-likeness (QED) is 0.854. The third-order valence-electron chi connectivity index (χ3n) is 3.59. The van der Waals surface area contributed by atoms with Gasteiger partial charge in [0.15, 0.2) is 0 Å². The van der Waals surface area contributed by atoms with Crippen LogP contribution < -0.4 is 10.5 Å². The Bertz CT molecular complexity index is 391. The van der Waals surface area contributed by atoms with Crippen molar-refractivity contribution in [2.45, 2.75) is 52.6 Å². The van der Waals surface area contributed by atoms with Crippen molar-refractivity contribution in [3.05, 3.63) is 17.8 Å². The maximum atomic E-state index is 5.92. The first-order chi connectivity index (χ1) is 7.96. The van der Waals surface area contributed by atoms with Crippen LogP contribution in [0.3, 0.4) is 0 Å². The summed E-state index contributed by atoms with van der Waals surface area (Å²) in [5, 5.41) is 0. The van der Waals surface area contributed by atoms with Crippen LogP contribution in [0.15, 0.2) is 12.1 Å². The fourth-order valence-electron chi connectivity index (χ4n) is 2.29. The molecule has 3 nitrogen and oxygen atoms in total. The van der Waals surface area contributed by atoms with Crippen molar-refractivity contribution in [2.24, 2.45) is 5.41 Å². The molecule has 0 amide bonds. The number of hydrogen-bond acceptors (Lipinski definition) is 3. The molecule has 2 rings (SSSR count). The lowest BCUT2D eigenvalue weighted by Crippen LogP contribution is -2.28. The molecule has 0 atom stereocenters. The van der Waals surface area contributed by atoms with E-state index < -0.39 is 0 Å². The van der Waals surface area contributed by atoms with Crippen LogP contribution in [0.5, 0.6) is 5.88 Å². The van der Waals surface area contributed by atoms with Gasteiger partial charge in [0.05, 0.1) is 5.69 Å². The van der Waals surface area contributed by atoms with E-state index in [9.17, 15) is 0 Å². The molecule has 1 heterocycles. The Morgan fingerprint density at radius 3 is 2.59 bits per heavy atom. The number of nitrogens with zero attached hydrogens (tertiary/aromatic N) is 1. The number of nitrogen functional groups attached to an aromatic ring is 1. The van der Waals surface area contributed by atoms with Crippen LogP contribution in [-0.4, -0.2) is 11.1 Å². The van der Waals surface area contributed by atoms with Gasteiger partial charge < -0.3 is 10.5 Å². The van der Waals surface area contributed by atoms with E-state index in [0.717, 1.165) is 18.5 Å². The number of pyridine rings is 1. The fraction of sp³-hybridized carbons (Fsp3) is 0.643. The van der Waals surface area contributed by atoms with Gasteiger partial charge in [-0.3, -0.25) is 0 Å². The van der Waals surface area contributed by atoms with Crippen LogP contribution in [0.25, 0.3) is 0 Å². The summed E-state index contributed by atoms with van der Waals surface area (Å²) in [4.78, 5) is 4.36. The molecular formula is C14H22N2O. The van der Waals surface area contributed by atoms with Crippen LogP contribution in [0.1, 0.15) is 45.2 Å². The number of hydrogen-bond donors (Lipinski definition) is 1. The molecule has 94 valence electrons. The van der Waals surface area contributed by atoms with Gasteiger partial charge in [0.25, 0.3) is 0 Å². The SMILES string of the molecule is Cc1ccc(N)c(OC2CCC(C)(C)CC2)n1. The van der Waals surface area contributed by atoms with E-state index in [0.29, 0.717) is 17.0 Å². The third-order valence-corrected chi connectivity index (χ3v) is 3.59. The molecule has 1 aliphatic carbocycles. The smallest absolute Gasteiger partial charge is 0.237 e. The second kappa shape index (κ2) is 4.55. The average molecular weight is 234 g/mol. The lowest BCUT2D eigenvalue weighted by molar-refractivity contribution is 0.0955. The second-order valence-corrected chi connectivity index (χ2v) is 5.83. The molecule has 0 unspecified atom stereocenters. The van der Waals surface area contributed by atoms with E-state index in [1.807, 2.05) is 19.1 Å². The number of ether oxygens (including phenoxy) is 1. The van der Waals surface area contributed by atoms with Crippen molar-refractivity contribution in [1.82, 2.24) is 4.98 Å². The normalized spacial score (nSPS) is 20.2. The highest BCUT2D eigenvalue weighted by Gasteiger charge is 2.28. The standard InChI is InChI=1S/C14H22N2O/c1-10-4-5-12(15)13(16-10)17-11-6-8-14(2,3)9-7-11/h4-5,11H,6-9,15H2,1-3H3. The monoisotopic (exact) mass is 234 g/mol. The first-order valence-electron chi connectivity index (χ1n) is 6.36. The molecule has 3 heteroatoms. The van der Waals surface area contributed by atoms with E-state index in [2.05, 4.69) is 18.8 Å². The lowest BCUT2D eigenvalue weighted by atomic mass is 9.76. The summed E-state index contributed by atoms with van der Waals surface area (Å²) in [6, 6.07) is 3.77. The lowest BCUT2D eigenvalue weighted by Gasteiger charge is -2.34. The molecule has 2 N–H and O–H groups in total. The van der Waals surface area contributed by atoms with E-state index >= 15 is 0 Å². The summed E-state index contributed by atoms with van der Waals surface area (Å²) in [5.41, 5.74) is 7.92. The minimum Gasteiger partial charge on any atom is -0.473 e. The summed E-state index contributed by atoms with van der Waals surface area (Å²) < 4.78 is 5.92. The summed E-state index contributed by atoms with van der Waals surface area (Å²) in [6.45, 7) is 6.60. The summed E-state index contributed by atoms with van der Waals surface area (Å²) in [6.07, 6.45) is 4.90. The van der Waals surface area contributed by atoms with E-state index in [-0.39, 0.29) is 6.10 Å². The maximum Gasteiger partial charge on any atom is 0.237 e. The third kappa shape index (κ3) is 3.11. The first-order valence-corrected chi connectivity index (χ1v) is 6.36. The minimum atomic E-state index is 0.277.